The third-order valence-corrected chi connectivity index (χ3v) is 5.99. The summed E-state index contributed by atoms with van der Waals surface area (Å²) < 4.78 is 0. The highest BCUT2D eigenvalue weighted by atomic mass is 16.2. The van der Waals surface area contributed by atoms with Crippen LogP contribution >= 0.6 is 0 Å². The minimum Gasteiger partial charge on any atom is -0.282 e. The van der Waals surface area contributed by atoms with Gasteiger partial charge in [0.2, 0.25) is 11.8 Å². The minimum absolute atomic E-state index is 0.0192. The van der Waals surface area contributed by atoms with Crippen molar-refractivity contribution >= 4 is 11.8 Å². The maximum absolute atomic E-state index is 13.1. The van der Waals surface area contributed by atoms with E-state index in [1.165, 1.54) is 27.2 Å². The third-order valence-electron chi connectivity index (χ3n) is 5.99. The van der Waals surface area contributed by atoms with E-state index in [0.717, 1.165) is 6.42 Å². The number of hydrogen-bond acceptors (Lipinski definition) is 2. The lowest BCUT2D eigenvalue weighted by Crippen LogP contribution is -2.41. The van der Waals surface area contributed by atoms with Gasteiger partial charge in [0, 0.05) is 18.4 Å². The topological polar surface area (TPSA) is 37.4 Å². The fraction of sp³-hybridized carbons (Fsp3) is 0.333. The van der Waals surface area contributed by atoms with Crippen LogP contribution in [-0.4, -0.2) is 23.3 Å². The van der Waals surface area contributed by atoms with Crippen LogP contribution in [0.5, 0.6) is 0 Å². The van der Waals surface area contributed by atoms with E-state index in [2.05, 4.69) is 24.3 Å². The number of hydrogen-bond donors (Lipinski definition) is 0. The summed E-state index contributed by atoms with van der Waals surface area (Å²) in [7, 11) is 0. The van der Waals surface area contributed by atoms with Gasteiger partial charge in [-0.25, -0.2) is 0 Å². The van der Waals surface area contributed by atoms with Crippen molar-refractivity contribution in [2.75, 3.05) is 6.54 Å². The van der Waals surface area contributed by atoms with E-state index in [4.69, 9.17) is 0 Å². The van der Waals surface area contributed by atoms with Crippen molar-refractivity contribution < 1.29 is 9.59 Å². The van der Waals surface area contributed by atoms with Crippen LogP contribution in [-0.2, 0) is 9.59 Å². The predicted molar refractivity (Wildman–Crippen MR) is 90.6 cm³/mol. The van der Waals surface area contributed by atoms with Gasteiger partial charge in [0.1, 0.15) is 0 Å². The molecule has 0 spiro atoms. The van der Waals surface area contributed by atoms with Crippen molar-refractivity contribution in [2.45, 2.75) is 25.2 Å². The van der Waals surface area contributed by atoms with E-state index in [-0.39, 0.29) is 35.5 Å². The van der Waals surface area contributed by atoms with Crippen LogP contribution in [0.25, 0.3) is 0 Å². The number of carbonyl (C=O) groups excluding carboxylic acids is 2. The molecule has 2 amide bonds. The highest BCUT2D eigenvalue weighted by molar-refractivity contribution is 6.07. The second-order valence-corrected chi connectivity index (χ2v) is 7.09. The SMILES string of the molecule is CCCN1C(=O)C2C3c4ccccc4C(c4ccccc43)C2C1=O. The first-order valence-electron chi connectivity index (χ1n) is 8.77. The number of imide groups is 1. The molecule has 0 N–H and O–H groups in total. The molecular formula is C21H19NO2. The van der Waals surface area contributed by atoms with Crippen LogP contribution in [0, 0.1) is 11.8 Å². The van der Waals surface area contributed by atoms with Gasteiger partial charge >= 0.3 is 0 Å². The Morgan fingerprint density at radius 3 is 1.46 bits per heavy atom. The third kappa shape index (κ3) is 1.52. The lowest BCUT2D eigenvalue weighted by Gasteiger charge is -2.45. The maximum Gasteiger partial charge on any atom is 0.234 e. The van der Waals surface area contributed by atoms with Gasteiger partial charge in [0.15, 0.2) is 0 Å². The van der Waals surface area contributed by atoms with Crippen molar-refractivity contribution in [2.24, 2.45) is 11.8 Å². The highest BCUT2D eigenvalue weighted by Gasteiger charge is 2.61. The normalized spacial score (nSPS) is 29.5. The van der Waals surface area contributed by atoms with Crippen LogP contribution in [0.4, 0.5) is 0 Å². The van der Waals surface area contributed by atoms with E-state index in [1.54, 1.807) is 0 Å². The fourth-order valence-corrected chi connectivity index (χ4v) is 5.18. The Bertz CT molecular complexity index is 756. The summed E-state index contributed by atoms with van der Waals surface area (Å²) in [6.07, 6.45) is 0.812. The number of benzene rings is 2. The molecule has 120 valence electrons. The quantitative estimate of drug-likeness (QED) is 0.797. The van der Waals surface area contributed by atoms with Gasteiger partial charge in [-0.05, 0) is 28.7 Å². The smallest absolute Gasteiger partial charge is 0.234 e. The highest BCUT2D eigenvalue weighted by Crippen LogP contribution is 2.60. The van der Waals surface area contributed by atoms with Crippen molar-refractivity contribution in [1.29, 1.82) is 0 Å². The molecule has 2 bridgehead atoms. The molecule has 3 aliphatic carbocycles. The summed E-state index contributed by atoms with van der Waals surface area (Å²) in [6, 6.07) is 16.7. The molecule has 0 aromatic heterocycles. The van der Waals surface area contributed by atoms with Gasteiger partial charge < -0.3 is 0 Å². The standard InChI is InChI=1S/C21H19NO2/c1-2-11-22-20(23)18-16-12-7-3-4-8-13(12)17(19(18)21(22)24)15-10-6-5-9-14(15)16/h3-10,16-19H,2,11H2,1H3. The lowest BCUT2D eigenvalue weighted by molar-refractivity contribution is -0.139. The molecule has 2 unspecified atom stereocenters. The van der Waals surface area contributed by atoms with Crippen LogP contribution in [0.1, 0.15) is 47.4 Å². The summed E-state index contributed by atoms with van der Waals surface area (Å²) in [5.41, 5.74) is 4.95. The Hall–Kier alpha value is -2.42. The summed E-state index contributed by atoms with van der Waals surface area (Å²) >= 11 is 0. The fourth-order valence-electron chi connectivity index (χ4n) is 5.18. The Morgan fingerprint density at radius 2 is 1.12 bits per heavy atom. The second kappa shape index (κ2) is 4.79. The van der Waals surface area contributed by atoms with Gasteiger partial charge in [-0.15, -0.1) is 0 Å². The monoisotopic (exact) mass is 317 g/mol. The molecule has 1 aliphatic heterocycles. The average molecular weight is 317 g/mol. The number of carbonyl (C=O) groups is 2. The zero-order chi connectivity index (χ0) is 16.4. The van der Waals surface area contributed by atoms with Gasteiger partial charge in [-0.3, -0.25) is 14.5 Å². The molecule has 3 nitrogen and oxygen atoms in total. The van der Waals surface area contributed by atoms with E-state index < -0.39 is 0 Å². The van der Waals surface area contributed by atoms with Crippen LogP contribution in [0.2, 0.25) is 0 Å². The van der Waals surface area contributed by atoms with Crippen LogP contribution < -0.4 is 0 Å². The first kappa shape index (κ1) is 14.0. The molecule has 4 aliphatic rings. The molecule has 2 aromatic rings. The minimum atomic E-state index is -0.223. The van der Waals surface area contributed by atoms with Gasteiger partial charge in [-0.1, -0.05) is 55.5 Å². The van der Waals surface area contributed by atoms with E-state index in [1.807, 2.05) is 31.2 Å². The second-order valence-electron chi connectivity index (χ2n) is 7.09. The number of nitrogens with zero attached hydrogens (tertiary/aromatic N) is 1. The number of likely N-dealkylation sites (tertiary alicyclic amines) is 1. The molecule has 24 heavy (non-hydrogen) atoms. The first-order valence-corrected chi connectivity index (χ1v) is 8.77. The lowest BCUT2D eigenvalue weighted by atomic mass is 9.55. The molecule has 3 heteroatoms. The molecule has 0 radical (unpaired) electrons. The molecule has 6 rings (SSSR count). The molecule has 1 heterocycles. The Balaban J connectivity index is 1.77. The van der Waals surface area contributed by atoms with Crippen molar-refractivity contribution in [3.63, 3.8) is 0 Å². The van der Waals surface area contributed by atoms with E-state index >= 15 is 0 Å². The Morgan fingerprint density at radius 1 is 0.750 bits per heavy atom. The Labute approximate surface area is 141 Å². The number of amides is 2. The zero-order valence-corrected chi connectivity index (χ0v) is 13.6. The summed E-state index contributed by atoms with van der Waals surface area (Å²) in [4.78, 5) is 27.6. The summed E-state index contributed by atoms with van der Waals surface area (Å²) in [6.45, 7) is 2.55. The average Bonchev–Trinajstić information content (AvgIpc) is 2.88. The summed E-state index contributed by atoms with van der Waals surface area (Å²) in [5, 5.41) is 0. The molecular weight excluding hydrogens is 298 g/mol. The molecule has 2 aromatic carbocycles. The van der Waals surface area contributed by atoms with Crippen LogP contribution in [0.3, 0.4) is 0 Å². The van der Waals surface area contributed by atoms with Crippen molar-refractivity contribution in [3.05, 3.63) is 70.8 Å². The van der Waals surface area contributed by atoms with E-state index in [0.29, 0.717) is 6.54 Å². The van der Waals surface area contributed by atoms with Crippen molar-refractivity contribution in [3.8, 4) is 0 Å². The molecule has 0 saturated carbocycles. The van der Waals surface area contributed by atoms with Gasteiger partial charge in [-0.2, -0.15) is 0 Å². The largest absolute Gasteiger partial charge is 0.282 e. The van der Waals surface area contributed by atoms with Gasteiger partial charge in [0.25, 0.3) is 0 Å². The van der Waals surface area contributed by atoms with E-state index in [9.17, 15) is 9.59 Å². The molecule has 1 saturated heterocycles. The zero-order valence-electron chi connectivity index (χ0n) is 13.6. The molecule has 1 fully saturated rings. The van der Waals surface area contributed by atoms with Crippen molar-refractivity contribution in [1.82, 2.24) is 4.90 Å². The Kier molecular flexibility index (Phi) is 2.79. The van der Waals surface area contributed by atoms with Crippen LogP contribution in [0.15, 0.2) is 48.5 Å². The first-order chi connectivity index (χ1) is 11.7. The van der Waals surface area contributed by atoms with Gasteiger partial charge in [0.05, 0.1) is 11.8 Å². The number of rotatable bonds is 2. The molecule has 2 atom stereocenters. The predicted octanol–water partition coefficient (Wildman–Crippen LogP) is 3.29. The summed E-state index contributed by atoms with van der Waals surface area (Å²) in [5.74, 6) is -0.342. The maximum atomic E-state index is 13.1.